The number of para-hydroxylation sites is 1. The largest absolute Gasteiger partial charge is 0.496 e. The molecule has 0 unspecified atom stereocenters. The number of aryl methyl sites for hydroxylation is 1. The standard InChI is InChI=1S/C26H23N5O/c1-31-17-23(18-11-13-27-14-12-18)26(30-31)19-7-9-20(10-8-19)28-16-21-15-25(32-2)22-5-3-4-6-24(22)29-21/h3-15,17,28H,16H2,1-2H3. The van der Waals surface area contributed by atoms with E-state index in [4.69, 9.17) is 9.72 Å². The molecule has 0 saturated carbocycles. The molecule has 1 N–H and O–H groups in total. The van der Waals surface area contributed by atoms with Crippen LogP contribution in [0.5, 0.6) is 5.75 Å². The summed E-state index contributed by atoms with van der Waals surface area (Å²) in [5.74, 6) is 0.835. The maximum Gasteiger partial charge on any atom is 0.130 e. The number of hydrogen-bond acceptors (Lipinski definition) is 5. The average Bonchev–Trinajstić information content (AvgIpc) is 3.24. The summed E-state index contributed by atoms with van der Waals surface area (Å²) < 4.78 is 7.40. The van der Waals surface area contributed by atoms with E-state index in [1.165, 1.54) is 0 Å². The SMILES string of the molecule is COc1cc(CNc2ccc(-c3nn(C)cc3-c3ccncc3)cc2)nc2ccccc12. The highest BCUT2D eigenvalue weighted by Gasteiger charge is 2.12. The molecular formula is C26H23N5O. The summed E-state index contributed by atoms with van der Waals surface area (Å²) in [5, 5.41) is 9.15. The number of benzene rings is 2. The predicted molar refractivity (Wildman–Crippen MR) is 127 cm³/mol. The minimum atomic E-state index is 0.604. The number of anilines is 1. The summed E-state index contributed by atoms with van der Waals surface area (Å²) in [7, 11) is 3.63. The minimum absolute atomic E-state index is 0.604. The quantitative estimate of drug-likeness (QED) is 0.402. The summed E-state index contributed by atoms with van der Waals surface area (Å²) >= 11 is 0. The summed E-state index contributed by atoms with van der Waals surface area (Å²) in [5.41, 5.74) is 7.07. The van der Waals surface area contributed by atoms with Crippen molar-refractivity contribution >= 4 is 16.6 Å². The maximum atomic E-state index is 5.55. The van der Waals surface area contributed by atoms with Crippen molar-refractivity contribution in [1.82, 2.24) is 19.7 Å². The number of ether oxygens (including phenoxy) is 1. The molecule has 0 atom stereocenters. The van der Waals surface area contributed by atoms with Crippen LogP contribution in [0.1, 0.15) is 5.69 Å². The van der Waals surface area contributed by atoms with Gasteiger partial charge in [0.05, 0.1) is 24.9 Å². The molecule has 2 aromatic carbocycles. The molecule has 0 aliphatic rings. The highest BCUT2D eigenvalue weighted by atomic mass is 16.5. The van der Waals surface area contributed by atoms with E-state index in [1.807, 2.05) is 60.4 Å². The number of nitrogens with one attached hydrogen (secondary N) is 1. The Morgan fingerprint density at radius 2 is 1.72 bits per heavy atom. The number of rotatable bonds is 6. The highest BCUT2D eigenvalue weighted by Crippen LogP contribution is 2.31. The van der Waals surface area contributed by atoms with Crippen LogP contribution in [0.15, 0.2) is 85.3 Å². The van der Waals surface area contributed by atoms with E-state index < -0.39 is 0 Å². The molecule has 0 bridgehead atoms. The normalized spacial score (nSPS) is 10.9. The van der Waals surface area contributed by atoms with E-state index in [2.05, 4.69) is 39.7 Å². The smallest absolute Gasteiger partial charge is 0.130 e. The van der Waals surface area contributed by atoms with Crippen LogP contribution in [0.2, 0.25) is 0 Å². The van der Waals surface area contributed by atoms with Crippen LogP contribution in [0.25, 0.3) is 33.3 Å². The van der Waals surface area contributed by atoms with Crippen LogP contribution >= 0.6 is 0 Å². The Balaban J connectivity index is 1.36. The van der Waals surface area contributed by atoms with E-state index in [0.717, 1.165) is 50.4 Å². The van der Waals surface area contributed by atoms with Gasteiger partial charge >= 0.3 is 0 Å². The van der Waals surface area contributed by atoms with Gasteiger partial charge in [-0.15, -0.1) is 0 Å². The molecule has 6 nitrogen and oxygen atoms in total. The van der Waals surface area contributed by atoms with Crippen molar-refractivity contribution in [3.05, 3.63) is 91.0 Å². The summed E-state index contributed by atoms with van der Waals surface area (Å²) in [4.78, 5) is 8.87. The van der Waals surface area contributed by atoms with Crippen LogP contribution in [0, 0.1) is 0 Å². The molecular weight excluding hydrogens is 398 g/mol. The molecule has 0 amide bonds. The Kier molecular flexibility index (Phi) is 5.25. The number of pyridine rings is 2. The minimum Gasteiger partial charge on any atom is -0.496 e. The van der Waals surface area contributed by atoms with Gasteiger partial charge in [0, 0.05) is 53.9 Å². The average molecular weight is 422 g/mol. The Morgan fingerprint density at radius 3 is 2.50 bits per heavy atom. The molecule has 158 valence electrons. The molecule has 0 radical (unpaired) electrons. The Hall–Kier alpha value is -4.19. The predicted octanol–water partition coefficient (Wildman–Crippen LogP) is 5.32. The van der Waals surface area contributed by atoms with Gasteiger partial charge < -0.3 is 10.1 Å². The van der Waals surface area contributed by atoms with Crippen molar-refractivity contribution in [1.29, 1.82) is 0 Å². The molecule has 0 fully saturated rings. The molecule has 0 aliphatic heterocycles. The molecule has 5 rings (SSSR count). The van der Waals surface area contributed by atoms with Crippen LogP contribution < -0.4 is 10.1 Å². The van der Waals surface area contributed by atoms with E-state index >= 15 is 0 Å². The first-order chi connectivity index (χ1) is 15.7. The fraction of sp³-hybridized carbons (Fsp3) is 0.115. The van der Waals surface area contributed by atoms with Crippen molar-refractivity contribution in [3.63, 3.8) is 0 Å². The van der Waals surface area contributed by atoms with Crippen molar-refractivity contribution in [3.8, 4) is 28.1 Å². The lowest BCUT2D eigenvalue weighted by Crippen LogP contribution is -2.02. The Labute approximate surface area is 186 Å². The van der Waals surface area contributed by atoms with Crippen molar-refractivity contribution in [2.45, 2.75) is 6.54 Å². The molecule has 3 heterocycles. The zero-order chi connectivity index (χ0) is 21.9. The van der Waals surface area contributed by atoms with E-state index in [9.17, 15) is 0 Å². The number of aromatic nitrogens is 4. The van der Waals surface area contributed by atoms with Crippen molar-refractivity contribution in [2.75, 3.05) is 12.4 Å². The first-order valence-corrected chi connectivity index (χ1v) is 10.4. The van der Waals surface area contributed by atoms with Crippen LogP contribution in [-0.2, 0) is 13.6 Å². The molecule has 3 aromatic heterocycles. The molecule has 0 saturated heterocycles. The van der Waals surface area contributed by atoms with Gasteiger partial charge in [-0.1, -0.05) is 24.3 Å². The Morgan fingerprint density at radius 1 is 0.938 bits per heavy atom. The maximum absolute atomic E-state index is 5.55. The molecule has 0 aliphatic carbocycles. The monoisotopic (exact) mass is 421 g/mol. The number of nitrogens with zero attached hydrogens (tertiary/aromatic N) is 4. The van der Waals surface area contributed by atoms with Gasteiger partial charge in [0.1, 0.15) is 11.4 Å². The molecule has 32 heavy (non-hydrogen) atoms. The van der Waals surface area contributed by atoms with Crippen LogP contribution in [0.3, 0.4) is 0 Å². The van der Waals surface area contributed by atoms with Crippen molar-refractivity contribution in [2.24, 2.45) is 7.05 Å². The lowest BCUT2D eigenvalue weighted by molar-refractivity contribution is 0.419. The molecule has 0 spiro atoms. The first kappa shape index (κ1) is 19.8. The van der Waals surface area contributed by atoms with Crippen LogP contribution in [-0.4, -0.2) is 26.9 Å². The lowest BCUT2D eigenvalue weighted by Gasteiger charge is -2.11. The second-order valence-corrected chi connectivity index (χ2v) is 7.56. The fourth-order valence-corrected chi connectivity index (χ4v) is 3.84. The number of fused-ring (bicyclic) bond motifs is 1. The second kappa shape index (κ2) is 8.51. The van der Waals surface area contributed by atoms with E-state index in [0.29, 0.717) is 6.54 Å². The van der Waals surface area contributed by atoms with Gasteiger partial charge in [0.2, 0.25) is 0 Å². The van der Waals surface area contributed by atoms with Crippen LogP contribution in [0.4, 0.5) is 5.69 Å². The third-order valence-electron chi connectivity index (χ3n) is 5.40. The van der Waals surface area contributed by atoms with Gasteiger partial charge in [0.15, 0.2) is 0 Å². The number of methoxy groups -OCH3 is 1. The van der Waals surface area contributed by atoms with Gasteiger partial charge in [-0.3, -0.25) is 14.6 Å². The summed E-state index contributed by atoms with van der Waals surface area (Å²) in [6, 6.07) is 22.3. The zero-order valence-electron chi connectivity index (χ0n) is 18.0. The Bertz CT molecular complexity index is 1360. The third-order valence-corrected chi connectivity index (χ3v) is 5.40. The lowest BCUT2D eigenvalue weighted by atomic mass is 10.0. The summed E-state index contributed by atoms with van der Waals surface area (Å²) in [6.45, 7) is 0.604. The summed E-state index contributed by atoms with van der Waals surface area (Å²) in [6.07, 6.45) is 5.64. The molecule has 6 heteroatoms. The fourth-order valence-electron chi connectivity index (χ4n) is 3.84. The van der Waals surface area contributed by atoms with Gasteiger partial charge in [-0.25, -0.2) is 0 Å². The molecule has 5 aromatic rings. The van der Waals surface area contributed by atoms with E-state index in [-0.39, 0.29) is 0 Å². The third kappa shape index (κ3) is 3.90. The van der Waals surface area contributed by atoms with Crippen molar-refractivity contribution < 1.29 is 4.74 Å². The topological polar surface area (TPSA) is 64.9 Å². The second-order valence-electron chi connectivity index (χ2n) is 7.56. The zero-order valence-corrected chi connectivity index (χ0v) is 18.0. The van der Waals surface area contributed by atoms with Gasteiger partial charge in [0.25, 0.3) is 0 Å². The van der Waals surface area contributed by atoms with Gasteiger partial charge in [-0.05, 0) is 42.0 Å². The van der Waals surface area contributed by atoms with E-state index in [1.54, 1.807) is 19.5 Å². The van der Waals surface area contributed by atoms with Gasteiger partial charge in [-0.2, -0.15) is 5.10 Å². The number of hydrogen-bond donors (Lipinski definition) is 1. The first-order valence-electron chi connectivity index (χ1n) is 10.4. The highest BCUT2D eigenvalue weighted by molar-refractivity contribution is 5.85.